The van der Waals surface area contributed by atoms with Crippen LogP contribution in [0.5, 0.6) is 5.75 Å². The number of rotatable bonds is 4. The summed E-state index contributed by atoms with van der Waals surface area (Å²) in [4.78, 5) is 12.6. The van der Waals surface area contributed by atoms with Gasteiger partial charge in [-0.1, -0.05) is 12.1 Å². The summed E-state index contributed by atoms with van der Waals surface area (Å²) < 4.78 is 32.2. The summed E-state index contributed by atoms with van der Waals surface area (Å²) in [5.74, 6) is -1.10. The second kappa shape index (κ2) is 5.65. The molecule has 0 unspecified atom stereocenters. The number of amides is 1. The monoisotopic (exact) mass is 317 g/mol. The van der Waals surface area contributed by atoms with Gasteiger partial charge in [-0.2, -0.15) is 0 Å². The third-order valence-corrected chi connectivity index (χ3v) is 4.18. The van der Waals surface area contributed by atoms with Crippen LogP contribution in [0.4, 0.5) is 8.78 Å². The highest BCUT2D eigenvalue weighted by Gasteiger charge is 2.46. The van der Waals surface area contributed by atoms with E-state index in [2.05, 4.69) is 5.32 Å². The van der Waals surface area contributed by atoms with Gasteiger partial charge < -0.3 is 10.1 Å². The molecular weight excluding hydrogens is 300 g/mol. The summed E-state index contributed by atoms with van der Waals surface area (Å²) in [7, 11) is 1.51. The maximum Gasteiger partial charge on any atom is 0.255 e. The first-order valence-corrected chi connectivity index (χ1v) is 7.38. The molecule has 0 atom stereocenters. The van der Waals surface area contributed by atoms with Crippen LogP contribution in [0.1, 0.15) is 34.3 Å². The van der Waals surface area contributed by atoms with E-state index in [-0.39, 0.29) is 5.91 Å². The first-order chi connectivity index (χ1) is 10.9. The Hall–Kier alpha value is -2.43. The molecule has 0 saturated heterocycles. The van der Waals surface area contributed by atoms with Crippen molar-refractivity contribution < 1.29 is 18.3 Å². The minimum atomic E-state index is -0.700. The van der Waals surface area contributed by atoms with Crippen LogP contribution in [-0.2, 0) is 5.54 Å². The minimum Gasteiger partial charge on any atom is -0.496 e. The molecule has 1 aliphatic rings. The standard InChI is InChI=1S/C18H17F2NO2/c1-11-4-3-5-15(16(11)23-2)17(22)21-18(6-7-18)12-8-13(19)10-14(20)9-12/h3-5,8-10H,6-7H2,1-2H3,(H,21,22). The van der Waals surface area contributed by atoms with E-state index in [1.54, 1.807) is 12.1 Å². The highest BCUT2D eigenvalue weighted by atomic mass is 19.1. The number of hydrogen-bond acceptors (Lipinski definition) is 2. The van der Waals surface area contributed by atoms with Crippen LogP contribution in [0, 0.1) is 18.6 Å². The summed E-state index contributed by atoms with van der Waals surface area (Å²) in [5, 5.41) is 2.90. The van der Waals surface area contributed by atoms with Gasteiger partial charge >= 0.3 is 0 Å². The highest BCUT2D eigenvalue weighted by molar-refractivity contribution is 5.98. The quantitative estimate of drug-likeness (QED) is 0.934. The predicted molar refractivity (Wildman–Crippen MR) is 82.5 cm³/mol. The Labute approximate surface area is 133 Å². The van der Waals surface area contributed by atoms with E-state index in [4.69, 9.17) is 4.74 Å². The third kappa shape index (κ3) is 2.91. The van der Waals surface area contributed by atoms with Crippen LogP contribution in [0.25, 0.3) is 0 Å². The molecule has 1 saturated carbocycles. The summed E-state index contributed by atoms with van der Waals surface area (Å²) in [6.07, 6.45) is 1.30. The van der Waals surface area contributed by atoms with Gasteiger partial charge in [0.05, 0.1) is 18.2 Å². The average Bonchev–Trinajstić information content (AvgIpc) is 3.26. The van der Waals surface area contributed by atoms with Crippen molar-refractivity contribution >= 4 is 5.91 Å². The van der Waals surface area contributed by atoms with Crippen LogP contribution in [0.15, 0.2) is 36.4 Å². The number of nitrogens with one attached hydrogen (secondary N) is 1. The Morgan fingerprint density at radius 3 is 2.39 bits per heavy atom. The topological polar surface area (TPSA) is 38.3 Å². The van der Waals surface area contributed by atoms with Crippen molar-refractivity contribution in [2.24, 2.45) is 0 Å². The fourth-order valence-electron chi connectivity index (χ4n) is 2.83. The fourth-order valence-corrected chi connectivity index (χ4v) is 2.83. The van der Waals surface area contributed by atoms with E-state index in [9.17, 15) is 13.6 Å². The molecular formula is C18H17F2NO2. The second-order valence-electron chi connectivity index (χ2n) is 5.85. The molecule has 0 heterocycles. The van der Waals surface area contributed by atoms with Crippen LogP contribution >= 0.6 is 0 Å². The van der Waals surface area contributed by atoms with Gasteiger partial charge in [0.25, 0.3) is 5.91 Å². The molecule has 0 spiro atoms. The lowest BCUT2D eigenvalue weighted by Gasteiger charge is -2.19. The lowest BCUT2D eigenvalue weighted by atomic mass is 10.0. The Morgan fingerprint density at radius 1 is 1.17 bits per heavy atom. The molecule has 0 radical (unpaired) electrons. The predicted octanol–water partition coefficient (Wildman–Crippen LogP) is 3.70. The molecule has 1 amide bonds. The first-order valence-electron chi connectivity index (χ1n) is 7.38. The lowest BCUT2D eigenvalue weighted by molar-refractivity contribution is 0.0927. The van der Waals surface area contributed by atoms with Crippen molar-refractivity contribution in [1.29, 1.82) is 0 Å². The molecule has 2 aromatic rings. The summed E-state index contributed by atoms with van der Waals surface area (Å²) in [6, 6.07) is 8.65. The normalized spacial score (nSPS) is 15.1. The Bertz CT molecular complexity index is 749. The number of para-hydroxylation sites is 1. The zero-order valence-corrected chi connectivity index (χ0v) is 13.0. The molecule has 120 valence electrons. The van der Waals surface area contributed by atoms with Crippen molar-refractivity contribution in [3.63, 3.8) is 0 Å². The Morgan fingerprint density at radius 2 is 1.83 bits per heavy atom. The van der Waals surface area contributed by atoms with Crippen LogP contribution < -0.4 is 10.1 Å². The van der Waals surface area contributed by atoms with Gasteiger partial charge in [0.15, 0.2) is 0 Å². The van der Waals surface area contributed by atoms with Gasteiger partial charge in [0.2, 0.25) is 0 Å². The molecule has 3 nitrogen and oxygen atoms in total. The van der Waals surface area contributed by atoms with Gasteiger partial charge in [-0.3, -0.25) is 4.79 Å². The minimum absolute atomic E-state index is 0.312. The molecule has 5 heteroatoms. The zero-order chi connectivity index (χ0) is 16.6. The van der Waals surface area contributed by atoms with Crippen molar-refractivity contribution in [3.8, 4) is 5.75 Å². The molecule has 2 aromatic carbocycles. The number of aryl methyl sites for hydroxylation is 1. The maximum atomic E-state index is 13.4. The van der Waals surface area contributed by atoms with Crippen molar-refractivity contribution in [1.82, 2.24) is 5.32 Å². The number of hydrogen-bond donors (Lipinski definition) is 1. The van der Waals surface area contributed by atoms with Crippen molar-refractivity contribution in [2.45, 2.75) is 25.3 Å². The van der Waals surface area contributed by atoms with Crippen LogP contribution in [0.3, 0.4) is 0 Å². The number of carbonyl (C=O) groups excluding carboxylic acids is 1. The maximum absolute atomic E-state index is 13.4. The van der Waals surface area contributed by atoms with Crippen LogP contribution in [0.2, 0.25) is 0 Å². The van der Waals surface area contributed by atoms with Gasteiger partial charge in [-0.05, 0) is 49.1 Å². The molecule has 1 N–H and O–H groups in total. The fraction of sp³-hybridized carbons (Fsp3) is 0.278. The molecule has 0 bridgehead atoms. The smallest absolute Gasteiger partial charge is 0.255 e. The van der Waals surface area contributed by atoms with E-state index in [0.717, 1.165) is 11.6 Å². The third-order valence-electron chi connectivity index (χ3n) is 4.18. The zero-order valence-electron chi connectivity index (χ0n) is 13.0. The van der Waals surface area contributed by atoms with Crippen molar-refractivity contribution in [3.05, 3.63) is 64.7 Å². The molecule has 0 aromatic heterocycles. The molecule has 3 rings (SSSR count). The highest BCUT2D eigenvalue weighted by Crippen LogP contribution is 2.46. The second-order valence-corrected chi connectivity index (χ2v) is 5.85. The Kier molecular flexibility index (Phi) is 3.80. The van der Waals surface area contributed by atoms with Crippen LogP contribution in [-0.4, -0.2) is 13.0 Å². The number of halogens is 2. The van der Waals surface area contributed by atoms with E-state index >= 15 is 0 Å². The van der Waals surface area contributed by atoms with E-state index in [1.165, 1.54) is 19.2 Å². The Balaban J connectivity index is 1.90. The van der Waals surface area contributed by atoms with E-state index in [1.807, 2.05) is 13.0 Å². The number of methoxy groups -OCH3 is 1. The molecule has 1 aliphatic carbocycles. The van der Waals surface area contributed by atoms with Crippen molar-refractivity contribution in [2.75, 3.05) is 7.11 Å². The largest absolute Gasteiger partial charge is 0.496 e. The van der Waals surface area contributed by atoms with E-state index in [0.29, 0.717) is 29.7 Å². The summed E-state index contributed by atoms with van der Waals surface area (Å²) >= 11 is 0. The number of ether oxygens (including phenoxy) is 1. The first kappa shape index (κ1) is 15.5. The molecule has 1 fully saturated rings. The number of carbonyl (C=O) groups is 1. The van der Waals surface area contributed by atoms with Gasteiger partial charge in [0, 0.05) is 6.07 Å². The van der Waals surface area contributed by atoms with Gasteiger partial charge in [-0.15, -0.1) is 0 Å². The number of benzene rings is 2. The molecule has 0 aliphatic heterocycles. The summed E-state index contributed by atoms with van der Waals surface area (Å²) in [5.41, 5.74) is 1.02. The molecule has 23 heavy (non-hydrogen) atoms. The summed E-state index contributed by atoms with van der Waals surface area (Å²) in [6.45, 7) is 1.85. The van der Waals surface area contributed by atoms with Gasteiger partial charge in [-0.25, -0.2) is 8.78 Å². The SMILES string of the molecule is COc1c(C)cccc1C(=O)NC1(c2cc(F)cc(F)c2)CC1. The lowest BCUT2D eigenvalue weighted by Crippen LogP contribution is -2.35. The average molecular weight is 317 g/mol. The van der Waals surface area contributed by atoms with E-state index < -0.39 is 17.2 Å². The van der Waals surface area contributed by atoms with Gasteiger partial charge in [0.1, 0.15) is 17.4 Å².